The number of ether oxygens (including phenoxy) is 1. The molecule has 1 unspecified atom stereocenters. The zero-order chi connectivity index (χ0) is 17.8. The van der Waals surface area contributed by atoms with Gasteiger partial charge in [-0.25, -0.2) is 4.39 Å². The fourth-order valence-electron chi connectivity index (χ4n) is 3.00. The minimum atomic E-state index is -0.821. The molecule has 2 aromatic carbocycles. The number of halogens is 2. The summed E-state index contributed by atoms with van der Waals surface area (Å²) >= 11 is 5.79. The van der Waals surface area contributed by atoms with Gasteiger partial charge in [0, 0.05) is 5.92 Å². The van der Waals surface area contributed by atoms with E-state index >= 15 is 0 Å². The van der Waals surface area contributed by atoms with Gasteiger partial charge in [-0.05, 0) is 36.1 Å². The Bertz CT molecular complexity index is 741. The summed E-state index contributed by atoms with van der Waals surface area (Å²) in [6.45, 7) is 0.201. The highest BCUT2D eigenvalue weighted by molar-refractivity contribution is 6.30. The molecule has 132 valence electrons. The summed E-state index contributed by atoms with van der Waals surface area (Å²) in [6, 6.07) is 13.3. The summed E-state index contributed by atoms with van der Waals surface area (Å²) in [5, 5.41) is 13.1. The van der Waals surface area contributed by atoms with E-state index in [9.17, 15) is 14.3 Å². The van der Waals surface area contributed by atoms with Gasteiger partial charge in [-0.1, -0.05) is 48.0 Å². The summed E-state index contributed by atoms with van der Waals surface area (Å²) in [5.41, 5.74) is 1.72. The lowest BCUT2D eigenvalue weighted by atomic mass is 9.95. The number of carbonyl (C=O) groups is 1. The third kappa shape index (κ3) is 4.57. The first kappa shape index (κ1) is 17.9. The Morgan fingerprint density at radius 1 is 1.24 bits per heavy atom. The zero-order valence-electron chi connectivity index (χ0n) is 13.5. The third-order valence-corrected chi connectivity index (χ3v) is 4.64. The Morgan fingerprint density at radius 2 is 2.00 bits per heavy atom. The average Bonchev–Trinajstić information content (AvgIpc) is 2.98. The van der Waals surface area contributed by atoms with Gasteiger partial charge in [0.05, 0.1) is 5.02 Å². The Kier molecular flexibility index (Phi) is 5.68. The van der Waals surface area contributed by atoms with Crippen LogP contribution in [0.15, 0.2) is 48.5 Å². The molecule has 1 saturated heterocycles. The predicted molar refractivity (Wildman–Crippen MR) is 92.4 cm³/mol. The van der Waals surface area contributed by atoms with Gasteiger partial charge in [-0.2, -0.15) is 0 Å². The van der Waals surface area contributed by atoms with Crippen molar-refractivity contribution in [3.05, 3.63) is 70.5 Å². The highest BCUT2D eigenvalue weighted by Crippen LogP contribution is 2.26. The molecule has 25 heavy (non-hydrogen) atoms. The lowest BCUT2D eigenvalue weighted by molar-refractivity contribution is -0.147. The maximum absolute atomic E-state index is 13.2. The third-order valence-electron chi connectivity index (χ3n) is 4.35. The maximum Gasteiger partial charge on any atom is 0.323 e. The standard InChI is InChI=1S/C19H19ClFNO3/c20-15-9-13(6-7-16(15)21)8-14-10-17(22-18(14)23)19(24)25-11-12-4-2-1-3-5-12/h1-7,9,14,17-18,22-23H,8,10-11H2/t14-,17+,18?/m0/s1. The SMILES string of the molecule is O=C(OCc1ccccc1)[C@H]1C[C@H](Cc2ccc(F)c(Cl)c2)C(O)N1. The summed E-state index contributed by atoms with van der Waals surface area (Å²) in [6.07, 6.45) is 0.124. The number of hydrogen-bond acceptors (Lipinski definition) is 4. The zero-order valence-corrected chi connectivity index (χ0v) is 14.2. The summed E-state index contributed by atoms with van der Waals surface area (Å²) < 4.78 is 18.5. The Morgan fingerprint density at radius 3 is 2.72 bits per heavy atom. The maximum atomic E-state index is 13.2. The number of nitrogens with one attached hydrogen (secondary N) is 1. The summed E-state index contributed by atoms with van der Waals surface area (Å²) in [5.74, 6) is -1.03. The number of benzene rings is 2. The van der Waals surface area contributed by atoms with E-state index in [0.29, 0.717) is 12.8 Å². The quantitative estimate of drug-likeness (QED) is 0.802. The first-order valence-electron chi connectivity index (χ1n) is 8.11. The van der Waals surface area contributed by atoms with Crippen molar-refractivity contribution in [2.45, 2.75) is 31.7 Å². The van der Waals surface area contributed by atoms with E-state index in [1.54, 1.807) is 12.1 Å². The molecule has 3 atom stereocenters. The first-order chi connectivity index (χ1) is 12.0. The number of aliphatic hydroxyl groups is 1. The molecule has 2 aromatic rings. The van der Waals surface area contributed by atoms with E-state index in [0.717, 1.165) is 11.1 Å². The Balaban J connectivity index is 1.55. The van der Waals surface area contributed by atoms with Crippen molar-refractivity contribution in [1.29, 1.82) is 0 Å². The molecule has 1 heterocycles. The van der Waals surface area contributed by atoms with E-state index in [2.05, 4.69) is 5.32 Å². The van der Waals surface area contributed by atoms with Gasteiger partial charge in [-0.15, -0.1) is 0 Å². The molecular weight excluding hydrogens is 345 g/mol. The van der Waals surface area contributed by atoms with Crippen molar-refractivity contribution in [3.63, 3.8) is 0 Å². The van der Waals surface area contributed by atoms with Crippen LogP contribution in [0, 0.1) is 11.7 Å². The van der Waals surface area contributed by atoms with Crippen LogP contribution >= 0.6 is 11.6 Å². The average molecular weight is 364 g/mol. The number of hydrogen-bond donors (Lipinski definition) is 2. The van der Waals surface area contributed by atoms with Crippen LogP contribution in [0.3, 0.4) is 0 Å². The molecule has 0 bridgehead atoms. The molecule has 0 aliphatic carbocycles. The van der Waals surface area contributed by atoms with Crippen LogP contribution in [0.2, 0.25) is 5.02 Å². The van der Waals surface area contributed by atoms with Crippen LogP contribution in [0.25, 0.3) is 0 Å². The van der Waals surface area contributed by atoms with Gasteiger partial charge in [-0.3, -0.25) is 10.1 Å². The van der Waals surface area contributed by atoms with Gasteiger partial charge in [0.2, 0.25) is 0 Å². The number of esters is 1. The van der Waals surface area contributed by atoms with Crippen LogP contribution < -0.4 is 5.32 Å². The second-order valence-electron chi connectivity index (χ2n) is 6.21. The monoisotopic (exact) mass is 363 g/mol. The molecular formula is C19H19ClFNO3. The van der Waals surface area contributed by atoms with Gasteiger partial charge >= 0.3 is 5.97 Å². The fourth-order valence-corrected chi connectivity index (χ4v) is 3.20. The largest absolute Gasteiger partial charge is 0.460 e. The molecule has 0 saturated carbocycles. The van der Waals surface area contributed by atoms with E-state index < -0.39 is 18.1 Å². The molecule has 3 rings (SSSR count). The number of carbonyl (C=O) groups excluding carboxylic acids is 1. The van der Waals surface area contributed by atoms with Crippen molar-refractivity contribution in [2.24, 2.45) is 5.92 Å². The normalized spacial score (nSPS) is 22.8. The smallest absolute Gasteiger partial charge is 0.323 e. The molecule has 1 fully saturated rings. The first-order valence-corrected chi connectivity index (χ1v) is 8.49. The summed E-state index contributed by atoms with van der Waals surface area (Å²) in [7, 11) is 0. The topological polar surface area (TPSA) is 58.6 Å². The minimum Gasteiger partial charge on any atom is -0.460 e. The fraction of sp³-hybridized carbons (Fsp3) is 0.316. The molecule has 0 amide bonds. The Hall–Kier alpha value is -1.95. The molecule has 1 aliphatic heterocycles. The predicted octanol–water partition coefficient (Wildman–Crippen LogP) is 3.06. The van der Waals surface area contributed by atoms with Gasteiger partial charge < -0.3 is 9.84 Å². The van der Waals surface area contributed by atoms with E-state index in [4.69, 9.17) is 16.3 Å². The molecule has 2 N–H and O–H groups in total. The van der Waals surface area contributed by atoms with Crippen LogP contribution in [-0.4, -0.2) is 23.3 Å². The minimum absolute atomic E-state index is 0.0526. The molecule has 0 aromatic heterocycles. The number of aliphatic hydroxyl groups excluding tert-OH is 1. The number of rotatable bonds is 5. The van der Waals surface area contributed by atoms with Crippen molar-refractivity contribution >= 4 is 17.6 Å². The van der Waals surface area contributed by atoms with Crippen LogP contribution in [0.5, 0.6) is 0 Å². The van der Waals surface area contributed by atoms with Crippen LogP contribution in [-0.2, 0) is 22.6 Å². The molecule has 4 nitrogen and oxygen atoms in total. The molecule has 0 radical (unpaired) electrons. The van der Waals surface area contributed by atoms with Gasteiger partial charge in [0.25, 0.3) is 0 Å². The van der Waals surface area contributed by atoms with Crippen molar-refractivity contribution in [3.8, 4) is 0 Å². The van der Waals surface area contributed by atoms with Crippen molar-refractivity contribution < 1.29 is 19.0 Å². The van der Waals surface area contributed by atoms with E-state index in [-0.39, 0.29) is 23.5 Å². The van der Waals surface area contributed by atoms with E-state index in [1.165, 1.54) is 6.07 Å². The lowest BCUT2D eigenvalue weighted by Crippen LogP contribution is -2.37. The van der Waals surface area contributed by atoms with Gasteiger partial charge in [0.15, 0.2) is 0 Å². The van der Waals surface area contributed by atoms with Crippen LogP contribution in [0.4, 0.5) is 4.39 Å². The molecule has 0 spiro atoms. The molecule has 6 heteroatoms. The Labute approximate surface area is 150 Å². The summed E-state index contributed by atoms with van der Waals surface area (Å²) in [4.78, 5) is 12.2. The highest BCUT2D eigenvalue weighted by atomic mass is 35.5. The lowest BCUT2D eigenvalue weighted by Gasteiger charge is -2.13. The molecule has 1 aliphatic rings. The van der Waals surface area contributed by atoms with Crippen molar-refractivity contribution in [2.75, 3.05) is 0 Å². The second-order valence-corrected chi connectivity index (χ2v) is 6.61. The van der Waals surface area contributed by atoms with Crippen molar-refractivity contribution in [1.82, 2.24) is 5.32 Å². The van der Waals surface area contributed by atoms with Gasteiger partial charge in [0.1, 0.15) is 24.7 Å². The highest BCUT2D eigenvalue weighted by Gasteiger charge is 2.37. The van der Waals surface area contributed by atoms with Crippen LogP contribution in [0.1, 0.15) is 17.5 Å². The second kappa shape index (κ2) is 7.95. The van der Waals surface area contributed by atoms with E-state index in [1.807, 2.05) is 30.3 Å².